The van der Waals surface area contributed by atoms with Gasteiger partial charge in [-0.3, -0.25) is 4.90 Å². The number of thiazole rings is 1. The first-order chi connectivity index (χ1) is 18.9. The average molecular weight is 570 g/mol. The van der Waals surface area contributed by atoms with E-state index >= 15 is 0 Å². The first-order valence-electron chi connectivity index (χ1n) is 13.2. The maximum Gasteiger partial charge on any atom is 0.354 e. The van der Waals surface area contributed by atoms with Crippen LogP contribution < -0.4 is 0 Å². The molecule has 0 radical (unpaired) electrons. The summed E-state index contributed by atoms with van der Waals surface area (Å²) in [5.41, 5.74) is 2.85. The van der Waals surface area contributed by atoms with Crippen molar-refractivity contribution in [1.82, 2.24) is 24.4 Å². The van der Waals surface area contributed by atoms with Crippen LogP contribution in [0.2, 0.25) is 5.02 Å². The summed E-state index contributed by atoms with van der Waals surface area (Å²) in [4.78, 5) is 27.9. The molecule has 3 aromatic heterocycles. The summed E-state index contributed by atoms with van der Waals surface area (Å²) < 4.78 is 21.9. The molecular formula is C28H29ClFN5O3S. The molecule has 1 aromatic carbocycles. The maximum absolute atomic E-state index is 14.2. The van der Waals surface area contributed by atoms with Crippen LogP contribution in [0.25, 0.3) is 11.2 Å². The van der Waals surface area contributed by atoms with Crippen molar-refractivity contribution in [3.63, 3.8) is 0 Å². The van der Waals surface area contributed by atoms with E-state index in [0.717, 1.165) is 74.0 Å². The Kier molecular flexibility index (Phi) is 7.61. The monoisotopic (exact) mass is 569 g/mol. The molecule has 0 bridgehead atoms. The lowest BCUT2D eigenvalue weighted by atomic mass is 9.93. The Balaban J connectivity index is 1.08. The number of likely N-dealkylation sites (tertiary alicyclic amines) is 1. The first kappa shape index (κ1) is 26.3. The lowest BCUT2D eigenvalue weighted by Gasteiger charge is -2.32. The third-order valence-corrected chi connectivity index (χ3v) is 8.71. The van der Waals surface area contributed by atoms with Gasteiger partial charge in [0.2, 0.25) is 0 Å². The number of carboxylic acid groups (broad SMARTS) is 1. The number of aromatic carboxylic acids is 1. The Labute approximate surface area is 234 Å². The Hall–Kier alpha value is -2.92. The summed E-state index contributed by atoms with van der Waals surface area (Å²) in [6, 6.07) is 8.03. The summed E-state index contributed by atoms with van der Waals surface area (Å²) in [5, 5.41) is 12.9. The van der Waals surface area contributed by atoms with Crippen LogP contribution in [0.3, 0.4) is 0 Å². The van der Waals surface area contributed by atoms with Crippen molar-refractivity contribution in [1.29, 1.82) is 0 Å². The number of fused-ring (bicyclic) bond motifs is 1. The van der Waals surface area contributed by atoms with Gasteiger partial charge in [0.25, 0.3) is 0 Å². The van der Waals surface area contributed by atoms with E-state index in [4.69, 9.17) is 26.3 Å². The molecule has 0 aliphatic carbocycles. The topological polar surface area (TPSA) is 93.4 Å². The van der Waals surface area contributed by atoms with Crippen molar-refractivity contribution < 1.29 is 19.0 Å². The van der Waals surface area contributed by atoms with Gasteiger partial charge in [-0.15, -0.1) is 11.3 Å². The van der Waals surface area contributed by atoms with E-state index < -0.39 is 5.97 Å². The summed E-state index contributed by atoms with van der Waals surface area (Å²) in [6.07, 6.45) is 4.49. The number of imidazole rings is 1. The quantitative estimate of drug-likeness (QED) is 0.296. The van der Waals surface area contributed by atoms with Crippen molar-refractivity contribution in [3.05, 3.63) is 74.3 Å². The number of carboxylic acids is 1. The average Bonchev–Trinajstić information content (AvgIpc) is 3.47. The molecule has 6 rings (SSSR count). The molecule has 1 N–H and O–H groups in total. The number of rotatable bonds is 9. The minimum Gasteiger partial charge on any atom is -0.477 e. The maximum atomic E-state index is 14.2. The molecule has 2 saturated heterocycles. The van der Waals surface area contributed by atoms with Crippen molar-refractivity contribution >= 4 is 40.1 Å². The third-order valence-electron chi connectivity index (χ3n) is 7.59. The number of carbonyl (C=O) groups is 1. The van der Waals surface area contributed by atoms with Crippen LogP contribution in [-0.4, -0.2) is 61.3 Å². The van der Waals surface area contributed by atoms with E-state index in [1.807, 2.05) is 5.38 Å². The van der Waals surface area contributed by atoms with Crippen molar-refractivity contribution in [2.75, 3.05) is 19.7 Å². The predicted octanol–water partition coefficient (Wildman–Crippen LogP) is 5.21. The SMILES string of the molecule is O=C(O)c1ccc2nc(CC3CCN(Cc4nc(Cc5ccc(Cl)cc5F)cs4)CC3)n(CC3CCO3)c2n1. The minimum atomic E-state index is -1.04. The van der Waals surface area contributed by atoms with Crippen LogP contribution in [0, 0.1) is 11.7 Å². The van der Waals surface area contributed by atoms with Gasteiger partial charge in [0.05, 0.1) is 24.9 Å². The number of ether oxygens (including phenoxy) is 1. The van der Waals surface area contributed by atoms with Gasteiger partial charge >= 0.3 is 5.97 Å². The minimum absolute atomic E-state index is 0.0293. The van der Waals surface area contributed by atoms with Crippen LogP contribution in [-0.2, 0) is 30.7 Å². The number of benzene rings is 1. The smallest absolute Gasteiger partial charge is 0.354 e. The van der Waals surface area contributed by atoms with Gasteiger partial charge in [-0.25, -0.2) is 24.1 Å². The van der Waals surface area contributed by atoms with Gasteiger partial charge in [-0.1, -0.05) is 17.7 Å². The molecule has 2 aliphatic rings. The van der Waals surface area contributed by atoms with E-state index in [9.17, 15) is 14.3 Å². The molecule has 2 fully saturated rings. The van der Waals surface area contributed by atoms with E-state index in [1.54, 1.807) is 29.5 Å². The Morgan fingerprint density at radius 3 is 2.69 bits per heavy atom. The highest BCUT2D eigenvalue weighted by molar-refractivity contribution is 7.09. The van der Waals surface area contributed by atoms with Crippen LogP contribution in [0.1, 0.15) is 51.8 Å². The Morgan fingerprint density at radius 1 is 1.15 bits per heavy atom. The molecule has 8 nitrogen and oxygen atoms in total. The summed E-state index contributed by atoms with van der Waals surface area (Å²) >= 11 is 7.49. The second kappa shape index (κ2) is 11.3. The summed E-state index contributed by atoms with van der Waals surface area (Å²) in [7, 11) is 0. The fourth-order valence-electron chi connectivity index (χ4n) is 5.31. The second-order valence-electron chi connectivity index (χ2n) is 10.3. The van der Waals surface area contributed by atoms with Gasteiger partial charge in [-0.05, 0) is 68.1 Å². The second-order valence-corrected chi connectivity index (χ2v) is 11.7. The largest absolute Gasteiger partial charge is 0.477 e. The van der Waals surface area contributed by atoms with Crippen molar-refractivity contribution in [2.24, 2.45) is 5.92 Å². The molecule has 5 heterocycles. The van der Waals surface area contributed by atoms with Crippen LogP contribution in [0.15, 0.2) is 35.7 Å². The van der Waals surface area contributed by atoms with Gasteiger partial charge in [0.15, 0.2) is 11.3 Å². The number of pyridine rings is 1. The van der Waals surface area contributed by atoms with Crippen molar-refractivity contribution in [3.8, 4) is 0 Å². The van der Waals surface area contributed by atoms with Gasteiger partial charge in [-0.2, -0.15) is 0 Å². The van der Waals surface area contributed by atoms with Crippen LogP contribution >= 0.6 is 22.9 Å². The van der Waals surface area contributed by atoms with E-state index in [2.05, 4.69) is 14.5 Å². The molecule has 2 aliphatic heterocycles. The molecule has 204 valence electrons. The molecule has 11 heteroatoms. The number of hydrogen-bond acceptors (Lipinski definition) is 7. The zero-order valence-corrected chi connectivity index (χ0v) is 22.9. The highest BCUT2D eigenvalue weighted by Crippen LogP contribution is 2.27. The van der Waals surface area contributed by atoms with Gasteiger partial charge in [0.1, 0.15) is 22.2 Å². The molecular weight excluding hydrogens is 541 g/mol. The van der Waals surface area contributed by atoms with Gasteiger partial charge in [0, 0.05) is 29.9 Å². The zero-order valence-electron chi connectivity index (χ0n) is 21.4. The third kappa shape index (κ3) is 5.99. The van der Waals surface area contributed by atoms with E-state index in [0.29, 0.717) is 35.1 Å². The lowest BCUT2D eigenvalue weighted by molar-refractivity contribution is -0.0591. The molecule has 4 aromatic rings. The predicted molar refractivity (Wildman–Crippen MR) is 147 cm³/mol. The zero-order chi connectivity index (χ0) is 26.9. The highest BCUT2D eigenvalue weighted by atomic mass is 35.5. The van der Waals surface area contributed by atoms with E-state index in [1.165, 1.54) is 12.1 Å². The fraction of sp³-hybridized carbons (Fsp3) is 0.429. The summed E-state index contributed by atoms with van der Waals surface area (Å²) in [6.45, 7) is 4.14. The number of nitrogens with zero attached hydrogens (tertiary/aromatic N) is 5. The molecule has 1 unspecified atom stereocenters. The number of aromatic nitrogens is 4. The normalized spacial score (nSPS) is 18.5. The highest BCUT2D eigenvalue weighted by Gasteiger charge is 2.26. The first-order valence-corrected chi connectivity index (χ1v) is 14.5. The van der Waals surface area contributed by atoms with Crippen molar-refractivity contribution in [2.45, 2.75) is 51.3 Å². The lowest BCUT2D eigenvalue weighted by Crippen LogP contribution is -2.35. The van der Waals surface area contributed by atoms with Crippen LogP contribution in [0.4, 0.5) is 4.39 Å². The Morgan fingerprint density at radius 2 is 1.97 bits per heavy atom. The number of piperidine rings is 1. The van der Waals surface area contributed by atoms with E-state index in [-0.39, 0.29) is 17.6 Å². The molecule has 0 amide bonds. The number of hydrogen-bond donors (Lipinski definition) is 1. The van der Waals surface area contributed by atoms with Crippen LogP contribution in [0.5, 0.6) is 0 Å². The van der Waals surface area contributed by atoms with Gasteiger partial charge < -0.3 is 14.4 Å². The number of halogens is 2. The fourth-order valence-corrected chi connectivity index (χ4v) is 6.30. The Bertz CT molecular complexity index is 1500. The summed E-state index contributed by atoms with van der Waals surface area (Å²) in [5.74, 6) is 0.0970. The molecule has 1 atom stereocenters. The molecule has 39 heavy (non-hydrogen) atoms. The standard InChI is InChI=1S/C28H29ClFN5O3S/c29-19-2-1-18(22(30)13-19)12-20-16-39-26(31-20)15-34-8-5-17(6-9-34)11-25-32-23-3-4-24(28(36)37)33-27(23)35(25)14-21-7-10-38-21/h1-4,13,16-17,21H,5-12,14-15H2,(H,36,37). The molecule has 0 saturated carbocycles. The molecule has 0 spiro atoms.